The Balaban J connectivity index is 1.82. The first kappa shape index (κ1) is 29.9. The second-order valence-electron chi connectivity index (χ2n) is 8.89. The molecular weight excluding hydrogens is 609 g/mol. The summed E-state index contributed by atoms with van der Waals surface area (Å²) in [5, 5.41) is 2.24. The second kappa shape index (κ2) is 9.79. The highest BCUT2D eigenvalue weighted by molar-refractivity contribution is 6.33. The molecule has 0 atom stereocenters. The van der Waals surface area contributed by atoms with Gasteiger partial charge in [-0.05, 0) is 31.0 Å². The molecule has 1 saturated carbocycles. The molecule has 3 aromatic rings. The monoisotopic (exact) mass is 622 g/mol. The van der Waals surface area contributed by atoms with Crippen LogP contribution < -0.4 is 0 Å². The van der Waals surface area contributed by atoms with Crippen molar-refractivity contribution in [3.8, 4) is 16.8 Å². The van der Waals surface area contributed by atoms with Gasteiger partial charge < -0.3 is 4.90 Å². The van der Waals surface area contributed by atoms with Gasteiger partial charge in [-0.1, -0.05) is 23.2 Å². The van der Waals surface area contributed by atoms with E-state index in [9.17, 15) is 48.7 Å². The Morgan fingerprint density at radius 2 is 1.52 bits per heavy atom. The van der Waals surface area contributed by atoms with Gasteiger partial charge in [-0.25, -0.2) is 14.1 Å². The quantitative estimate of drug-likeness (QED) is 0.216. The molecule has 0 bridgehead atoms. The molecule has 216 valence electrons. The minimum absolute atomic E-state index is 0.0126. The average Bonchev–Trinajstić information content (AvgIpc) is 3.57. The molecule has 40 heavy (non-hydrogen) atoms. The lowest BCUT2D eigenvalue weighted by molar-refractivity contribution is -0.348. The first-order valence-electron chi connectivity index (χ1n) is 11.0. The molecule has 1 aliphatic carbocycles. The Hall–Kier alpha value is -3.07. The smallest absolute Gasteiger partial charge is 0.339 e. The maximum absolute atomic E-state index is 14.5. The van der Waals surface area contributed by atoms with Crippen LogP contribution in [0.2, 0.25) is 10.2 Å². The number of amides is 1. The molecule has 1 aromatic carbocycles. The normalized spacial score (nSPS) is 14.9. The maximum atomic E-state index is 14.5. The molecule has 0 spiro atoms. The van der Waals surface area contributed by atoms with Crippen LogP contribution in [0.1, 0.15) is 34.3 Å². The molecule has 0 unspecified atom stereocenters. The molecule has 5 nitrogen and oxygen atoms in total. The number of hydrogen-bond acceptors (Lipinski definition) is 3. The highest BCUT2D eigenvalue weighted by Gasteiger charge is 2.73. The van der Waals surface area contributed by atoms with E-state index in [0.29, 0.717) is 4.68 Å². The molecule has 0 aliphatic heterocycles. The van der Waals surface area contributed by atoms with Gasteiger partial charge in [0, 0.05) is 42.2 Å². The van der Waals surface area contributed by atoms with Crippen LogP contribution in [-0.4, -0.2) is 51.0 Å². The molecule has 1 amide bonds. The van der Waals surface area contributed by atoms with Crippen LogP contribution in [0.25, 0.3) is 16.8 Å². The van der Waals surface area contributed by atoms with Crippen molar-refractivity contribution in [2.45, 2.75) is 43.1 Å². The van der Waals surface area contributed by atoms with Crippen LogP contribution in [0, 0.1) is 0 Å². The van der Waals surface area contributed by atoms with Gasteiger partial charge in [0.1, 0.15) is 5.15 Å². The lowest BCUT2D eigenvalue weighted by Gasteiger charge is -2.31. The fourth-order valence-electron chi connectivity index (χ4n) is 3.90. The highest BCUT2D eigenvalue weighted by Crippen LogP contribution is 2.55. The summed E-state index contributed by atoms with van der Waals surface area (Å²) in [6, 6.07) is 0.497. The van der Waals surface area contributed by atoms with Crippen molar-refractivity contribution < 1.29 is 48.7 Å². The van der Waals surface area contributed by atoms with E-state index in [0.717, 1.165) is 31.4 Å². The number of carbonyl (C=O) groups is 1. The zero-order valence-electron chi connectivity index (χ0n) is 19.7. The summed E-state index contributed by atoms with van der Waals surface area (Å²) in [7, 11) is 1.55. The largest absolute Gasteiger partial charge is 0.435 e. The minimum atomic E-state index is -6.66. The predicted octanol–water partition coefficient (Wildman–Crippen LogP) is 7.78. The molecule has 2 aromatic heterocycles. The number of hydrogen-bond donors (Lipinski definition) is 0. The Morgan fingerprint density at radius 3 is 2.05 bits per heavy atom. The summed E-state index contributed by atoms with van der Waals surface area (Å²) >= 11 is 11.8. The van der Waals surface area contributed by atoms with Crippen LogP contribution in [0.5, 0.6) is 0 Å². The van der Waals surface area contributed by atoms with Gasteiger partial charge >= 0.3 is 24.2 Å². The van der Waals surface area contributed by atoms with E-state index in [-0.39, 0.29) is 34.0 Å². The fourth-order valence-corrected chi connectivity index (χ4v) is 4.39. The van der Waals surface area contributed by atoms with Crippen LogP contribution in [0.3, 0.4) is 0 Å². The lowest BCUT2D eigenvalue weighted by atomic mass is 9.92. The Morgan fingerprint density at radius 1 is 0.925 bits per heavy atom. The molecule has 17 heteroatoms. The summed E-state index contributed by atoms with van der Waals surface area (Å²) in [4.78, 5) is 18.1. The number of halogens is 12. The van der Waals surface area contributed by atoms with Crippen molar-refractivity contribution in [3.05, 3.63) is 63.7 Å². The number of benzene rings is 1. The summed E-state index contributed by atoms with van der Waals surface area (Å²) in [6.45, 7) is 0. The molecule has 2 heterocycles. The van der Waals surface area contributed by atoms with E-state index in [2.05, 4.69) is 10.1 Å². The van der Waals surface area contributed by atoms with E-state index < -0.39 is 58.0 Å². The maximum Gasteiger partial charge on any atom is 0.435 e. The predicted molar refractivity (Wildman–Crippen MR) is 122 cm³/mol. The molecular formula is C23H14Cl2F10N4O. The summed E-state index contributed by atoms with van der Waals surface area (Å²) in [5.41, 5.74) is -11.7. The van der Waals surface area contributed by atoms with E-state index in [1.54, 1.807) is 7.05 Å². The zero-order chi connectivity index (χ0) is 30.0. The Labute approximate surface area is 228 Å². The van der Waals surface area contributed by atoms with Gasteiger partial charge in [-0.3, -0.25) is 4.79 Å². The SMILES string of the molecule is CN(C(=O)c1cc(-c2cnn(-c3c(Cl)cc(C(F)(C(F)(F)F)C(F)(F)F)cc3C(F)(F)F)c2)cnc1Cl)C1CC1. The van der Waals surface area contributed by atoms with Crippen LogP contribution >= 0.6 is 23.2 Å². The van der Waals surface area contributed by atoms with E-state index >= 15 is 0 Å². The van der Waals surface area contributed by atoms with Gasteiger partial charge in [0.2, 0.25) is 0 Å². The first-order chi connectivity index (χ1) is 18.3. The van der Waals surface area contributed by atoms with Crippen molar-refractivity contribution >= 4 is 29.1 Å². The molecule has 0 N–H and O–H groups in total. The van der Waals surface area contributed by atoms with E-state index in [4.69, 9.17) is 23.2 Å². The van der Waals surface area contributed by atoms with Gasteiger partial charge in [-0.2, -0.15) is 44.6 Å². The third-order valence-electron chi connectivity index (χ3n) is 6.18. The minimum Gasteiger partial charge on any atom is -0.339 e. The number of carbonyl (C=O) groups excluding carboxylic acids is 1. The average molecular weight is 623 g/mol. The van der Waals surface area contributed by atoms with Gasteiger partial charge in [0.05, 0.1) is 28.0 Å². The number of alkyl halides is 10. The summed E-state index contributed by atoms with van der Waals surface area (Å²) < 4.78 is 136. The van der Waals surface area contributed by atoms with Crippen molar-refractivity contribution in [1.29, 1.82) is 0 Å². The van der Waals surface area contributed by atoms with Gasteiger partial charge in [0.25, 0.3) is 5.91 Å². The lowest BCUT2D eigenvalue weighted by Crippen LogP contribution is -2.50. The first-order valence-corrected chi connectivity index (χ1v) is 11.7. The summed E-state index contributed by atoms with van der Waals surface area (Å²) in [5.74, 6) is -0.476. The van der Waals surface area contributed by atoms with Crippen molar-refractivity contribution in [1.82, 2.24) is 19.7 Å². The van der Waals surface area contributed by atoms with Crippen molar-refractivity contribution in [2.75, 3.05) is 7.05 Å². The van der Waals surface area contributed by atoms with Crippen LogP contribution in [0.4, 0.5) is 43.9 Å². The second-order valence-corrected chi connectivity index (χ2v) is 9.65. The van der Waals surface area contributed by atoms with Crippen molar-refractivity contribution in [3.63, 3.8) is 0 Å². The van der Waals surface area contributed by atoms with Gasteiger partial charge in [-0.15, -0.1) is 0 Å². The van der Waals surface area contributed by atoms with Crippen LogP contribution in [0.15, 0.2) is 36.8 Å². The molecule has 1 aliphatic rings. The van der Waals surface area contributed by atoms with Crippen LogP contribution in [-0.2, 0) is 11.8 Å². The zero-order valence-corrected chi connectivity index (χ0v) is 21.2. The summed E-state index contributed by atoms with van der Waals surface area (Å²) in [6.07, 6.45) is -14.3. The molecule has 4 rings (SSSR count). The third-order valence-corrected chi connectivity index (χ3v) is 6.77. The standard InChI is InChI=1S/C23H14Cl2F10N4O/c1-38(13-2-3-13)19(40)14-4-10(7-36-18(14)25)11-8-37-39(9-11)17-15(21(27,28)29)5-12(6-16(17)24)20(26,22(30,31)32)23(33,34)35/h4-9,13H,2-3H2,1H3. The molecule has 1 fully saturated rings. The van der Waals surface area contributed by atoms with E-state index in [1.807, 2.05) is 0 Å². The number of nitrogens with zero attached hydrogens (tertiary/aromatic N) is 4. The highest BCUT2D eigenvalue weighted by atomic mass is 35.5. The van der Waals surface area contributed by atoms with Gasteiger partial charge in [0.15, 0.2) is 0 Å². The fraction of sp³-hybridized carbons (Fsp3) is 0.348. The van der Waals surface area contributed by atoms with E-state index in [1.165, 1.54) is 11.0 Å². The third kappa shape index (κ3) is 5.20. The molecule has 0 saturated heterocycles. The molecule has 0 radical (unpaired) electrons. The number of rotatable bonds is 5. The number of pyridine rings is 1. The topological polar surface area (TPSA) is 51.0 Å². The Bertz CT molecular complexity index is 1450. The van der Waals surface area contributed by atoms with Crippen molar-refractivity contribution in [2.24, 2.45) is 0 Å². The Kier molecular flexibility index (Phi) is 7.32. The number of aromatic nitrogens is 3.